The predicted molar refractivity (Wildman–Crippen MR) is 74.8 cm³/mol. The smallest absolute Gasteiger partial charge is 0.0722 e. The molecule has 0 aliphatic heterocycles. The van der Waals surface area contributed by atoms with Crippen molar-refractivity contribution in [2.75, 3.05) is 0 Å². The lowest BCUT2D eigenvalue weighted by molar-refractivity contribution is 0.107. The van der Waals surface area contributed by atoms with Gasteiger partial charge in [0.25, 0.3) is 0 Å². The van der Waals surface area contributed by atoms with Crippen molar-refractivity contribution in [3.8, 4) is 0 Å². The Morgan fingerprint density at radius 3 is 2.61 bits per heavy atom. The maximum absolute atomic E-state index is 5.67. The summed E-state index contributed by atoms with van der Waals surface area (Å²) in [5, 5.41) is 0. The molecule has 2 aromatic rings. The van der Waals surface area contributed by atoms with Crippen LogP contribution in [0.15, 0.2) is 47.1 Å². The van der Waals surface area contributed by atoms with Crippen molar-refractivity contribution < 1.29 is 4.74 Å². The van der Waals surface area contributed by atoms with Crippen molar-refractivity contribution in [3.05, 3.63) is 63.9 Å². The molecule has 0 atom stereocenters. The van der Waals surface area contributed by atoms with Gasteiger partial charge in [-0.2, -0.15) is 0 Å². The maximum Gasteiger partial charge on any atom is 0.0722 e. The lowest BCUT2D eigenvalue weighted by Crippen LogP contribution is -2.01. The number of pyridine rings is 1. The van der Waals surface area contributed by atoms with Gasteiger partial charge >= 0.3 is 0 Å². The first kappa shape index (κ1) is 13.2. The number of benzene rings is 1. The summed E-state index contributed by atoms with van der Waals surface area (Å²) in [6, 6.07) is 12.0. The van der Waals surface area contributed by atoms with E-state index in [0.29, 0.717) is 19.8 Å². The van der Waals surface area contributed by atoms with Crippen molar-refractivity contribution in [3.63, 3.8) is 0 Å². The second-order valence-electron chi connectivity index (χ2n) is 3.98. The highest BCUT2D eigenvalue weighted by atomic mass is 79.9. The maximum atomic E-state index is 5.67. The molecular weight excluding hydrogens is 292 g/mol. The molecular formula is C14H15BrN2O. The molecule has 1 heterocycles. The normalized spacial score (nSPS) is 10.6. The van der Waals surface area contributed by atoms with E-state index >= 15 is 0 Å². The fourth-order valence-electron chi connectivity index (χ4n) is 1.64. The quantitative estimate of drug-likeness (QED) is 0.923. The van der Waals surface area contributed by atoms with E-state index in [-0.39, 0.29) is 0 Å². The van der Waals surface area contributed by atoms with E-state index in [2.05, 4.69) is 27.0 Å². The summed E-state index contributed by atoms with van der Waals surface area (Å²) in [7, 11) is 0. The van der Waals surface area contributed by atoms with Gasteiger partial charge in [0.05, 0.1) is 18.9 Å². The minimum absolute atomic E-state index is 0.458. The van der Waals surface area contributed by atoms with Crippen molar-refractivity contribution in [2.24, 2.45) is 5.73 Å². The summed E-state index contributed by atoms with van der Waals surface area (Å²) >= 11 is 3.44. The molecule has 94 valence electrons. The van der Waals surface area contributed by atoms with E-state index in [1.807, 2.05) is 30.3 Å². The zero-order valence-corrected chi connectivity index (χ0v) is 11.6. The number of hydrogen-bond acceptors (Lipinski definition) is 3. The largest absolute Gasteiger partial charge is 0.372 e. The van der Waals surface area contributed by atoms with Crippen molar-refractivity contribution in [1.29, 1.82) is 0 Å². The third kappa shape index (κ3) is 3.91. The van der Waals surface area contributed by atoms with Crippen LogP contribution in [-0.4, -0.2) is 4.98 Å². The summed E-state index contributed by atoms with van der Waals surface area (Å²) < 4.78 is 6.74. The van der Waals surface area contributed by atoms with Crippen LogP contribution in [0, 0.1) is 0 Å². The second kappa shape index (κ2) is 6.64. The van der Waals surface area contributed by atoms with Gasteiger partial charge in [-0.1, -0.05) is 28.1 Å². The fourth-order valence-corrected chi connectivity index (χ4v) is 2.09. The van der Waals surface area contributed by atoms with Gasteiger partial charge in [0, 0.05) is 17.2 Å². The number of aromatic nitrogens is 1. The molecule has 0 unspecified atom stereocenters. The topological polar surface area (TPSA) is 48.1 Å². The highest BCUT2D eigenvalue weighted by molar-refractivity contribution is 9.10. The molecule has 4 heteroatoms. The number of ether oxygens (including phenoxy) is 1. The van der Waals surface area contributed by atoms with Gasteiger partial charge in [0.1, 0.15) is 0 Å². The number of rotatable bonds is 5. The van der Waals surface area contributed by atoms with E-state index in [1.54, 1.807) is 6.20 Å². The lowest BCUT2D eigenvalue weighted by atomic mass is 10.2. The van der Waals surface area contributed by atoms with Gasteiger partial charge in [-0.05, 0) is 35.4 Å². The standard InChI is InChI=1S/C14H15BrN2O/c15-13-3-1-2-11(6-13)9-18-10-12-4-5-17-14(7-12)8-16/h1-7H,8-10,16H2. The highest BCUT2D eigenvalue weighted by Gasteiger charge is 1.98. The molecule has 0 saturated heterocycles. The van der Waals surface area contributed by atoms with Crippen LogP contribution < -0.4 is 5.73 Å². The first-order valence-corrected chi connectivity index (χ1v) is 6.53. The van der Waals surface area contributed by atoms with Crippen molar-refractivity contribution >= 4 is 15.9 Å². The summed E-state index contributed by atoms with van der Waals surface area (Å²) in [6.07, 6.45) is 1.76. The number of nitrogens with zero attached hydrogens (tertiary/aromatic N) is 1. The zero-order chi connectivity index (χ0) is 12.8. The summed E-state index contributed by atoms with van der Waals surface area (Å²) in [6.45, 7) is 1.63. The molecule has 18 heavy (non-hydrogen) atoms. The molecule has 0 aliphatic rings. The number of hydrogen-bond donors (Lipinski definition) is 1. The van der Waals surface area contributed by atoms with Crippen molar-refractivity contribution in [1.82, 2.24) is 4.98 Å². The highest BCUT2D eigenvalue weighted by Crippen LogP contribution is 2.13. The van der Waals surface area contributed by atoms with Crippen molar-refractivity contribution in [2.45, 2.75) is 19.8 Å². The van der Waals surface area contributed by atoms with Crippen LogP contribution in [0.4, 0.5) is 0 Å². The predicted octanol–water partition coefficient (Wildman–Crippen LogP) is 3.02. The molecule has 1 aromatic heterocycles. The Labute approximate surface area is 115 Å². The van der Waals surface area contributed by atoms with Gasteiger partial charge < -0.3 is 10.5 Å². The Morgan fingerprint density at radius 1 is 1.11 bits per heavy atom. The third-order valence-corrected chi connectivity index (χ3v) is 3.01. The second-order valence-corrected chi connectivity index (χ2v) is 4.90. The average Bonchev–Trinajstić information content (AvgIpc) is 2.39. The van der Waals surface area contributed by atoms with E-state index in [0.717, 1.165) is 21.3 Å². The minimum Gasteiger partial charge on any atom is -0.372 e. The van der Waals surface area contributed by atoms with E-state index in [1.165, 1.54) is 0 Å². The van der Waals surface area contributed by atoms with Gasteiger partial charge in [-0.15, -0.1) is 0 Å². The average molecular weight is 307 g/mol. The Morgan fingerprint density at radius 2 is 1.89 bits per heavy atom. The van der Waals surface area contributed by atoms with Gasteiger partial charge in [0.2, 0.25) is 0 Å². The van der Waals surface area contributed by atoms with E-state index in [4.69, 9.17) is 10.5 Å². The molecule has 0 bridgehead atoms. The molecule has 0 radical (unpaired) electrons. The summed E-state index contributed by atoms with van der Waals surface area (Å²) in [5.41, 5.74) is 8.68. The minimum atomic E-state index is 0.458. The lowest BCUT2D eigenvalue weighted by Gasteiger charge is -2.06. The van der Waals surface area contributed by atoms with E-state index < -0.39 is 0 Å². The third-order valence-electron chi connectivity index (χ3n) is 2.52. The van der Waals surface area contributed by atoms with Crippen LogP contribution in [0.25, 0.3) is 0 Å². The fraction of sp³-hybridized carbons (Fsp3) is 0.214. The van der Waals surface area contributed by atoms with Crippen LogP contribution in [0.3, 0.4) is 0 Å². The molecule has 0 fully saturated rings. The first-order chi connectivity index (χ1) is 8.78. The SMILES string of the molecule is NCc1cc(COCc2cccc(Br)c2)ccn1. The summed E-state index contributed by atoms with van der Waals surface area (Å²) in [4.78, 5) is 4.15. The molecule has 0 spiro atoms. The van der Waals surface area contributed by atoms with Crippen LogP contribution in [0.5, 0.6) is 0 Å². The number of nitrogens with two attached hydrogens (primary N) is 1. The molecule has 0 amide bonds. The zero-order valence-electron chi connectivity index (χ0n) is 9.97. The molecule has 0 aliphatic carbocycles. The Bertz CT molecular complexity index is 517. The van der Waals surface area contributed by atoms with Crippen LogP contribution in [-0.2, 0) is 24.5 Å². The van der Waals surface area contributed by atoms with Crippen LogP contribution in [0.1, 0.15) is 16.8 Å². The van der Waals surface area contributed by atoms with Gasteiger partial charge in [0.15, 0.2) is 0 Å². The Balaban J connectivity index is 1.88. The van der Waals surface area contributed by atoms with Gasteiger partial charge in [-0.25, -0.2) is 0 Å². The molecule has 2 rings (SSSR count). The molecule has 1 aromatic carbocycles. The monoisotopic (exact) mass is 306 g/mol. The Kier molecular flexibility index (Phi) is 4.87. The number of halogens is 1. The molecule has 3 nitrogen and oxygen atoms in total. The summed E-state index contributed by atoms with van der Waals surface area (Å²) in [5.74, 6) is 0. The van der Waals surface area contributed by atoms with Crippen LogP contribution >= 0.6 is 15.9 Å². The van der Waals surface area contributed by atoms with E-state index in [9.17, 15) is 0 Å². The first-order valence-electron chi connectivity index (χ1n) is 5.74. The molecule has 2 N–H and O–H groups in total. The van der Waals surface area contributed by atoms with Crippen LogP contribution in [0.2, 0.25) is 0 Å². The Hall–Kier alpha value is -1.23. The van der Waals surface area contributed by atoms with Gasteiger partial charge in [-0.3, -0.25) is 4.98 Å². The molecule has 0 saturated carbocycles.